The predicted octanol–water partition coefficient (Wildman–Crippen LogP) is 2.62. The second-order valence-corrected chi connectivity index (χ2v) is 7.07. The molecule has 3 rings (SSSR count). The summed E-state index contributed by atoms with van der Waals surface area (Å²) in [7, 11) is 0. The molecule has 0 aliphatic heterocycles. The molecule has 0 fully saturated rings. The third-order valence-electron chi connectivity index (χ3n) is 3.03. The Morgan fingerprint density at radius 3 is 2.88 bits per heavy atom. The van der Waals surface area contributed by atoms with Crippen molar-refractivity contribution < 1.29 is 19.2 Å². The Morgan fingerprint density at radius 1 is 1.31 bits per heavy atom. The van der Waals surface area contributed by atoms with Crippen LogP contribution in [0.3, 0.4) is 0 Å². The number of benzene rings is 1. The van der Waals surface area contributed by atoms with E-state index in [1.165, 1.54) is 11.3 Å². The highest BCUT2D eigenvalue weighted by atomic mass is 32.2. The molecule has 134 valence electrons. The number of thiazole rings is 1. The van der Waals surface area contributed by atoms with Crippen molar-refractivity contribution in [3.8, 4) is 0 Å². The molecule has 0 saturated heterocycles. The lowest BCUT2D eigenvalue weighted by Crippen LogP contribution is -2.16. The number of nitrogens with zero attached hydrogens (tertiary/aromatic N) is 3. The van der Waals surface area contributed by atoms with Crippen LogP contribution in [0.5, 0.6) is 0 Å². The number of hydrogen-bond acceptors (Lipinski definition) is 9. The number of aromatic amines is 1. The van der Waals surface area contributed by atoms with Gasteiger partial charge in [0.25, 0.3) is 0 Å². The summed E-state index contributed by atoms with van der Waals surface area (Å²) in [5.74, 6) is -0.566. The molecule has 0 amide bonds. The largest absolute Gasteiger partial charge is 0.463 e. The fourth-order valence-electron chi connectivity index (χ4n) is 1.96. The highest BCUT2D eigenvalue weighted by Gasteiger charge is 2.21. The molecule has 3 aromatic rings. The summed E-state index contributed by atoms with van der Waals surface area (Å²) in [6.45, 7) is 1.54. The number of carbonyl (C=O) groups excluding carboxylic acids is 2. The topological polar surface area (TPSA) is 107 Å². The minimum Gasteiger partial charge on any atom is -0.463 e. The highest BCUT2D eigenvalue weighted by molar-refractivity contribution is 8.16. The second kappa shape index (κ2) is 8.59. The molecule has 0 atom stereocenters. The Labute approximate surface area is 156 Å². The zero-order chi connectivity index (χ0) is 18.4. The van der Waals surface area contributed by atoms with Crippen molar-refractivity contribution >= 4 is 50.1 Å². The van der Waals surface area contributed by atoms with Gasteiger partial charge in [0, 0.05) is 6.20 Å². The molecule has 0 saturated carbocycles. The summed E-state index contributed by atoms with van der Waals surface area (Å²) < 4.78 is 6.32. The third kappa shape index (κ3) is 4.46. The first kappa shape index (κ1) is 18.1. The van der Waals surface area contributed by atoms with Crippen LogP contribution < -0.4 is 0 Å². The minimum absolute atomic E-state index is 0.0141. The van der Waals surface area contributed by atoms with Gasteiger partial charge < -0.3 is 9.57 Å². The maximum Gasteiger partial charge on any atom is 0.347 e. The monoisotopic (exact) mass is 390 g/mol. The van der Waals surface area contributed by atoms with Gasteiger partial charge in [-0.05, 0) is 36.9 Å². The fraction of sp³-hybridized carbons (Fsp3) is 0.188. The third-order valence-corrected chi connectivity index (χ3v) is 5.01. The second-order valence-electron chi connectivity index (χ2n) is 4.81. The van der Waals surface area contributed by atoms with E-state index in [2.05, 4.69) is 20.3 Å². The Morgan fingerprint density at radius 2 is 2.15 bits per heavy atom. The van der Waals surface area contributed by atoms with Gasteiger partial charge in [0.15, 0.2) is 10.1 Å². The molecular formula is C16H14N4O4S2. The smallest absolute Gasteiger partial charge is 0.347 e. The van der Waals surface area contributed by atoms with Gasteiger partial charge in [-0.25, -0.2) is 9.78 Å². The Hall–Kier alpha value is -2.72. The predicted molar refractivity (Wildman–Crippen MR) is 98.2 cm³/mol. The number of aromatic nitrogens is 3. The van der Waals surface area contributed by atoms with Crippen molar-refractivity contribution in [2.75, 3.05) is 13.2 Å². The van der Waals surface area contributed by atoms with Gasteiger partial charge in [0.05, 0.1) is 16.8 Å². The van der Waals surface area contributed by atoms with E-state index in [0.29, 0.717) is 10.0 Å². The molecule has 0 aliphatic rings. The van der Waals surface area contributed by atoms with E-state index in [4.69, 9.17) is 9.57 Å². The van der Waals surface area contributed by atoms with Crippen LogP contribution in [0.15, 0.2) is 46.0 Å². The van der Waals surface area contributed by atoms with Crippen LogP contribution in [0.25, 0.3) is 10.2 Å². The maximum atomic E-state index is 12.6. The zero-order valence-electron chi connectivity index (χ0n) is 13.7. The van der Waals surface area contributed by atoms with E-state index in [1.807, 2.05) is 24.3 Å². The Bertz CT molecular complexity index is 904. The minimum atomic E-state index is -0.566. The van der Waals surface area contributed by atoms with Crippen LogP contribution in [0.4, 0.5) is 0 Å². The first-order chi connectivity index (χ1) is 12.7. The van der Waals surface area contributed by atoms with Crippen LogP contribution in [0.1, 0.15) is 12.6 Å². The molecule has 10 heteroatoms. The number of fused-ring (bicyclic) bond motifs is 1. The lowest BCUT2D eigenvalue weighted by molar-refractivity contribution is -0.148. The molecule has 1 aromatic carbocycles. The van der Waals surface area contributed by atoms with E-state index in [-0.39, 0.29) is 24.0 Å². The van der Waals surface area contributed by atoms with Crippen molar-refractivity contribution in [1.82, 2.24) is 15.2 Å². The Kier molecular flexibility index (Phi) is 5.97. The number of rotatable bonds is 7. The fourth-order valence-corrected chi connectivity index (χ4v) is 3.86. The molecule has 0 spiro atoms. The van der Waals surface area contributed by atoms with Gasteiger partial charge in [-0.1, -0.05) is 17.3 Å². The van der Waals surface area contributed by atoms with E-state index in [1.54, 1.807) is 19.2 Å². The average Bonchev–Trinajstić information content (AvgIpc) is 3.27. The normalized spacial score (nSPS) is 11.5. The number of nitrogens with one attached hydrogen (secondary N) is 1. The summed E-state index contributed by atoms with van der Waals surface area (Å²) in [6, 6.07) is 9.20. The Balaban J connectivity index is 1.75. The van der Waals surface area contributed by atoms with Crippen LogP contribution in [0, 0.1) is 0 Å². The summed E-state index contributed by atoms with van der Waals surface area (Å²) >= 11 is 2.34. The molecule has 0 aliphatic carbocycles. The highest BCUT2D eigenvalue weighted by Crippen LogP contribution is 2.30. The van der Waals surface area contributed by atoms with Crippen molar-refractivity contribution in [3.63, 3.8) is 0 Å². The molecular weight excluding hydrogens is 376 g/mol. The molecule has 0 unspecified atom stereocenters. The quantitative estimate of drug-likeness (QED) is 0.286. The zero-order valence-corrected chi connectivity index (χ0v) is 15.3. The van der Waals surface area contributed by atoms with Crippen LogP contribution >= 0.6 is 23.1 Å². The first-order valence-corrected chi connectivity index (χ1v) is 9.24. The summed E-state index contributed by atoms with van der Waals surface area (Å²) in [5, 5.41) is 9.96. The van der Waals surface area contributed by atoms with Gasteiger partial charge in [0.2, 0.25) is 11.7 Å². The van der Waals surface area contributed by atoms with Crippen LogP contribution in [-0.2, 0) is 19.2 Å². The molecule has 0 radical (unpaired) electrons. The van der Waals surface area contributed by atoms with Gasteiger partial charge in [-0.2, -0.15) is 5.10 Å². The lowest BCUT2D eigenvalue weighted by atomic mass is 10.3. The van der Waals surface area contributed by atoms with Gasteiger partial charge in [-0.3, -0.25) is 9.89 Å². The van der Waals surface area contributed by atoms with Crippen LogP contribution in [-0.4, -0.2) is 45.2 Å². The van der Waals surface area contributed by atoms with Gasteiger partial charge in [0.1, 0.15) is 5.69 Å². The van der Waals surface area contributed by atoms with Crippen molar-refractivity contribution in [2.24, 2.45) is 5.16 Å². The van der Waals surface area contributed by atoms with E-state index in [9.17, 15) is 9.59 Å². The average molecular weight is 390 g/mol. The summed E-state index contributed by atoms with van der Waals surface area (Å²) in [5.41, 5.74) is 1.12. The lowest BCUT2D eigenvalue weighted by Gasteiger charge is -2.03. The number of H-pyrrole nitrogens is 1. The van der Waals surface area contributed by atoms with Crippen molar-refractivity contribution in [2.45, 2.75) is 11.3 Å². The number of para-hydroxylation sites is 1. The number of hydrogen-bond donors (Lipinski definition) is 1. The number of thioether (sulfide) groups is 1. The molecule has 1 N–H and O–H groups in total. The van der Waals surface area contributed by atoms with Gasteiger partial charge >= 0.3 is 5.97 Å². The molecule has 2 heterocycles. The first-order valence-electron chi connectivity index (χ1n) is 7.61. The van der Waals surface area contributed by atoms with Crippen LogP contribution in [0.2, 0.25) is 0 Å². The number of oxime groups is 1. The maximum absolute atomic E-state index is 12.6. The van der Waals surface area contributed by atoms with Crippen molar-refractivity contribution in [3.05, 3.63) is 42.2 Å². The number of carbonyl (C=O) groups is 2. The molecule has 0 bridgehead atoms. The molecule has 8 nitrogen and oxygen atoms in total. The summed E-state index contributed by atoms with van der Waals surface area (Å²) in [6.07, 6.45) is 1.56. The SMILES string of the molecule is CCOC(=O)CO/N=C(\C(=O)Sc1nc2ccccc2s1)c1cc[nH]n1. The number of ether oxygens (including phenoxy) is 1. The number of esters is 1. The van der Waals surface area contributed by atoms with Gasteiger partial charge in [-0.15, -0.1) is 11.3 Å². The van der Waals surface area contributed by atoms with E-state index >= 15 is 0 Å². The standard InChI is InChI=1S/C16H14N4O4S2/c1-2-23-13(21)9-24-20-14(11-7-8-17-19-11)15(22)26-16-18-10-5-3-4-6-12(10)25-16/h3-8H,2,9H2,1H3,(H,17,19)/b20-14-. The molecule has 26 heavy (non-hydrogen) atoms. The summed E-state index contributed by atoms with van der Waals surface area (Å²) in [4.78, 5) is 33.3. The van der Waals surface area contributed by atoms with Crippen molar-refractivity contribution in [1.29, 1.82) is 0 Å². The molecule has 2 aromatic heterocycles. The van der Waals surface area contributed by atoms with E-state index in [0.717, 1.165) is 22.0 Å². The van der Waals surface area contributed by atoms with E-state index < -0.39 is 5.97 Å².